The minimum absolute atomic E-state index is 0.0158. The van der Waals surface area contributed by atoms with Crippen molar-refractivity contribution >= 4 is 22.7 Å². The second-order valence-electron chi connectivity index (χ2n) is 13.8. The Morgan fingerprint density at radius 3 is 1.41 bits per heavy atom. The number of hydrogen-bond donors (Lipinski definition) is 0. The molecule has 0 bridgehead atoms. The van der Waals surface area contributed by atoms with Gasteiger partial charge in [0.15, 0.2) is 14.7 Å². The average molecular weight is 636 g/mol. The predicted octanol–water partition coefficient (Wildman–Crippen LogP) is 12.9. The van der Waals surface area contributed by atoms with Gasteiger partial charge in [0, 0.05) is 15.4 Å². The van der Waals surface area contributed by atoms with E-state index in [-0.39, 0.29) is 21.7 Å². The van der Waals surface area contributed by atoms with Crippen molar-refractivity contribution in [3.63, 3.8) is 0 Å². The summed E-state index contributed by atoms with van der Waals surface area (Å²) in [5, 5.41) is 0. The topological polar surface area (TPSA) is 0 Å². The van der Waals surface area contributed by atoms with Crippen molar-refractivity contribution in [3.05, 3.63) is 163 Å². The standard InChI is InChI=1S/C44H43S2/c1-43(2,3)39-19-13-14-20-42(39)46(37-27-23-35(24-28-37)33-17-11-8-12-18-33)38-29-30-41(40(31-38)44(4,5)6)45-36-25-21-34(22-26-36)32-15-9-7-10-16-32/h7-31H,1-6H3/q+1. The molecular formula is C44H43S2+. The van der Waals surface area contributed by atoms with Crippen molar-refractivity contribution in [1.82, 2.24) is 0 Å². The van der Waals surface area contributed by atoms with Crippen LogP contribution in [0.5, 0.6) is 0 Å². The summed E-state index contributed by atoms with van der Waals surface area (Å²) in [4.78, 5) is 6.67. The predicted molar refractivity (Wildman–Crippen MR) is 200 cm³/mol. The van der Waals surface area contributed by atoms with Crippen LogP contribution in [0.2, 0.25) is 0 Å². The Hall–Kier alpha value is -3.98. The molecule has 2 heteroatoms. The van der Waals surface area contributed by atoms with Gasteiger partial charge < -0.3 is 0 Å². The van der Waals surface area contributed by atoms with E-state index in [4.69, 9.17) is 0 Å². The fourth-order valence-corrected chi connectivity index (χ4v) is 9.43. The zero-order chi connectivity index (χ0) is 32.3. The van der Waals surface area contributed by atoms with E-state index in [9.17, 15) is 0 Å². The molecule has 0 radical (unpaired) electrons. The van der Waals surface area contributed by atoms with Crippen LogP contribution in [0.15, 0.2) is 176 Å². The largest absolute Gasteiger partial charge is 0.170 e. The summed E-state index contributed by atoms with van der Waals surface area (Å²) < 4.78 is 0. The molecular weight excluding hydrogens is 593 g/mol. The first-order valence-corrected chi connectivity index (χ1v) is 18.1. The van der Waals surface area contributed by atoms with Crippen LogP contribution in [0.1, 0.15) is 52.7 Å². The normalized spacial score (nSPS) is 12.6. The van der Waals surface area contributed by atoms with Gasteiger partial charge in [0.05, 0.1) is 10.9 Å². The van der Waals surface area contributed by atoms with E-state index in [2.05, 4.69) is 193 Å². The van der Waals surface area contributed by atoms with Gasteiger partial charge in [0.25, 0.3) is 0 Å². The molecule has 46 heavy (non-hydrogen) atoms. The highest BCUT2D eigenvalue weighted by molar-refractivity contribution is 7.99. The van der Waals surface area contributed by atoms with Gasteiger partial charge in [-0.05, 0) is 99.3 Å². The third-order valence-corrected chi connectivity index (χ3v) is 11.6. The Bertz CT molecular complexity index is 1890. The van der Waals surface area contributed by atoms with E-state index < -0.39 is 0 Å². The SMILES string of the molecule is CC(C)(C)c1cc([S+](c2ccc(-c3ccccc3)cc2)c2ccccc2C(C)(C)C)ccc1Sc1ccc(-c2ccccc2)cc1. The second-order valence-corrected chi connectivity index (χ2v) is 17.0. The fourth-order valence-electron chi connectivity index (χ4n) is 5.85. The zero-order valence-electron chi connectivity index (χ0n) is 27.8. The highest BCUT2D eigenvalue weighted by Crippen LogP contribution is 2.43. The van der Waals surface area contributed by atoms with Crippen LogP contribution in [0, 0.1) is 0 Å². The molecule has 1 atom stereocenters. The smallest absolute Gasteiger partial charge is 0.0898 e. The fraction of sp³-hybridized carbons (Fsp3) is 0.182. The third kappa shape index (κ3) is 7.20. The summed E-state index contributed by atoms with van der Waals surface area (Å²) in [6.07, 6.45) is 0. The van der Waals surface area contributed by atoms with Gasteiger partial charge in [-0.2, -0.15) is 0 Å². The molecule has 0 fully saturated rings. The van der Waals surface area contributed by atoms with Crippen LogP contribution in [0.3, 0.4) is 0 Å². The average Bonchev–Trinajstić information content (AvgIpc) is 3.06. The molecule has 0 N–H and O–H groups in total. The molecule has 0 aromatic heterocycles. The van der Waals surface area contributed by atoms with E-state index in [0.29, 0.717) is 0 Å². The molecule has 0 aliphatic carbocycles. The van der Waals surface area contributed by atoms with Crippen LogP contribution in [-0.2, 0) is 21.7 Å². The van der Waals surface area contributed by atoms with E-state index in [1.54, 1.807) is 0 Å². The molecule has 1 unspecified atom stereocenters. The summed E-state index contributed by atoms with van der Waals surface area (Å²) in [5.74, 6) is 0. The van der Waals surface area contributed by atoms with E-state index >= 15 is 0 Å². The van der Waals surface area contributed by atoms with Crippen LogP contribution in [0.25, 0.3) is 22.3 Å². The lowest BCUT2D eigenvalue weighted by atomic mass is 9.87. The first-order valence-electron chi connectivity index (χ1n) is 16.1. The van der Waals surface area contributed by atoms with Crippen molar-refractivity contribution in [2.75, 3.05) is 0 Å². The Morgan fingerprint density at radius 2 is 0.870 bits per heavy atom. The third-order valence-electron chi connectivity index (χ3n) is 8.30. The molecule has 230 valence electrons. The Balaban J connectivity index is 1.42. The first-order chi connectivity index (χ1) is 22.1. The molecule has 0 saturated heterocycles. The Labute approximate surface area is 283 Å². The van der Waals surface area contributed by atoms with Crippen LogP contribution < -0.4 is 0 Å². The van der Waals surface area contributed by atoms with Gasteiger partial charge in [-0.25, -0.2) is 0 Å². The van der Waals surface area contributed by atoms with Crippen molar-refractivity contribution in [2.45, 2.75) is 76.8 Å². The van der Waals surface area contributed by atoms with Gasteiger partial charge in [-0.15, -0.1) is 0 Å². The lowest BCUT2D eigenvalue weighted by molar-refractivity contribution is 0.575. The Kier molecular flexibility index (Phi) is 9.32. The lowest BCUT2D eigenvalue weighted by Crippen LogP contribution is -2.18. The molecule has 0 amide bonds. The number of rotatable bonds is 7. The monoisotopic (exact) mass is 635 g/mol. The quantitative estimate of drug-likeness (QED) is 0.157. The summed E-state index contributed by atoms with van der Waals surface area (Å²) in [7, 11) is -0.271. The lowest BCUT2D eigenvalue weighted by Gasteiger charge is -2.25. The number of benzene rings is 6. The summed E-state index contributed by atoms with van der Waals surface area (Å²) in [5.41, 5.74) is 7.79. The maximum absolute atomic E-state index is 2.49. The minimum atomic E-state index is -0.271. The molecule has 6 rings (SSSR count). The number of hydrogen-bond acceptors (Lipinski definition) is 1. The molecule has 6 aromatic rings. The van der Waals surface area contributed by atoms with Gasteiger partial charge >= 0.3 is 0 Å². The van der Waals surface area contributed by atoms with Crippen molar-refractivity contribution in [3.8, 4) is 22.3 Å². The van der Waals surface area contributed by atoms with E-state index in [1.165, 1.54) is 57.9 Å². The van der Waals surface area contributed by atoms with Gasteiger partial charge in [0.1, 0.15) is 0 Å². The minimum Gasteiger partial charge on any atom is -0.0898 e. The van der Waals surface area contributed by atoms with Crippen molar-refractivity contribution < 1.29 is 0 Å². The molecule has 0 aliphatic rings. The maximum atomic E-state index is 2.49. The first kappa shape index (κ1) is 32.0. The molecule has 0 aliphatic heterocycles. The summed E-state index contributed by atoms with van der Waals surface area (Å²) >= 11 is 1.87. The van der Waals surface area contributed by atoms with Gasteiger partial charge in [-0.3, -0.25) is 0 Å². The Morgan fingerprint density at radius 1 is 0.413 bits per heavy atom. The highest BCUT2D eigenvalue weighted by atomic mass is 32.2. The summed E-state index contributed by atoms with van der Waals surface area (Å²) in [6, 6.07) is 55.8. The molecule has 0 heterocycles. The van der Waals surface area contributed by atoms with Crippen LogP contribution in [-0.4, -0.2) is 0 Å². The van der Waals surface area contributed by atoms with E-state index in [1.807, 2.05) is 11.8 Å². The van der Waals surface area contributed by atoms with Crippen molar-refractivity contribution in [2.24, 2.45) is 0 Å². The van der Waals surface area contributed by atoms with Gasteiger partial charge in [0.2, 0.25) is 0 Å². The van der Waals surface area contributed by atoms with Gasteiger partial charge in [-0.1, -0.05) is 144 Å². The van der Waals surface area contributed by atoms with Crippen molar-refractivity contribution in [1.29, 1.82) is 0 Å². The second kappa shape index (κ2) is 13.4. The summed E-state index contributed by atoms with van der Waals surface area (Å²) in [6.45, 7) is 14.0. The maximum Gasteiger partial charge on any atom is 0.170 e. The molecule has 0 spiro atoms. The molecule has 6 aromatic carbocycles. The zero-order valence-corrected chi connectivity index (χ0v) is 29.4. The van der Waals surface area contributed by atoms with Crippen LogP contribution in [0.4, 0.5) is 0 Å². The van der Waals surface area contributed by atoms with E-state index in [0.717, 1.165) is 0 Å². The molecule has 0 saturated carbocycles. The molecule has 0 nitrogen and oxygen atoms in total. The van der Waals surface area contributed by atoms with Crippen LogP contribution >= 0.6 is 11.8 Å². The highest BCUT2D eigenvalue weighted by Gasteiger charge is 2.35.